The summed E-state index contributed by atoms with van der Waals surface area (Å²) in [5, 5.41) is 18.8. The summed E-state index contributed by atoms with van der Waals surface area (Å²) < 4.78 is 5.68. The third-order valence-electron chi connectivity index (χ3n) is 6.11. The number of hydrogen-bond donors (Lipinski definition) is 1. The van der Waals surface area contributed by atoms with Crippen LogP contribution in [0.1, 0.15) is 20.9 Å². The minimum absolute atomic E-state index is 0.0169. The lowest BCUT2D eigenvalue weighted by molar-refractivity contribution is 0.0720. The number of likely N-dealkylation sites (tertiary alicyclic amines) is 2. The lowest BCUT2D eigenvalue weighted by Crippen LogP contribution is -2.38. The maximum atomic E-state index is 13.3. The van der Waals surface area contributed by atoms with Crippen LogP contribution in [0, 0.1) is 18.3 Å². The summed E-state index contributed by atoms with van der Waals surface area (Å²) in [6.07, 6.45) is 3.49. The van der Waals surface area contributed by atoms with Crippen molar-refractivity contribution in [3.63, 3.8) is 0 Å². The minimum Gasteiger partial charge on any atom is -0.396 e. The Morgan fingerprint density at radius 3 is 2.96 bits per heavy atom. The van der Waals surface area contributed by atoms with Crippen LogP contribution in [-0.4, -0.2) is 72.8 Å². The Hall–Kier alpha value is -2.36. The topological polar surface area (TPSA) is 86.9 Å². The van der Waals surface area contributed by atoms with Crippen LogP contribution in [0.25, 0.3) is 5.52 Å². The summed E-state index contributed by atoms with van der Waals surface area (Å²) >= 11 is 1.52. The second-order valence-electron chi connectivity index (χ2n) is 7.91. The summed E-state index contributed by atoms with van der Waals surface area (Å²) in [5.41, 5.74) is 1.77. The van der Waals surface area contributed by atoms with E-state index < -0.39 is 0 Å². The molecule has 0 bridgehead atoms. The molecule has 2 aliphatic rings. The molecular weight excluding hydrogens is 376 g/mol. The first kappa shape index (κ1) is 17.7. The van der Waals surface area contributed by atoms with Crippen molar-refractivity contribution in [2.75, 3.05) is 32.8 Å². The second-order valence-corrected chi connectivity index (χ2v) is 8.83. The van der Waals surface area contributed by atoms with Gasteiger partial charge in [-0.05, 0) is 42.6 Å². The number of nitrogens with zero attached hydrogens (tertiary/aromatic N) is 6. The average molecular weight is 398 g/mol. The smallest absolute Gasteiger partial charge is 0.258 e. The molecule has 1 amide bonds. The molecule has 3 aromatic heterocycles. The van der Waals surface area contributed by atoms with Crippen LogP contribution in [-0.2, 0) is 6.54 Å². The molecule has 2 fully saturated rings. The van der Waals surface area contributed by atoms with Gasteiger partial charge in [0.1, 0.15) is 5.52 Å². The maximum absolute atomic E-state index is 13.3. The monoisotopic (exact) mass is 398 g/mol. The van der Waals surface area contributed by atoms with Gasteiger partial charge in [-0.15, -0.1) is 0 Å². The molecule has 9 heteroatoms. The van der Waals surface area contributed by atoms with E-state index >= 15 is 0 Å². The third-order valence-corrected chi connectivity index (χ3v) is 6.84. The van der Waals surface area contributed by atoms with Crippen LogP contribution in [0.5, 0.6) is 0 Å². The minimum atomic E-state index is -0.254. The van der Waals surface area contributed by atoms with Gasteiger partial charge >= 0.3 is 0 Å². The SMILES string of the molecule is Cc1nn2ncccc2c1C(=O)N1CC2CN(Cc3ccns3)CC2(CO)C1. The van der Waals surface area contributed by atoms with Gasteiger partial charge in [0.2, 0.25) is 0 Å². The van der Waals surface area contributed by atoms with Crippen LogP contribution >= 0.6 is 11.5 Å². The predicted molar refractivity (Wildman–Crippen MR) is 104 cm³/mol. The second kappa shape index (κ2) is 6.61. The molecule has 5 rings (SSSR count). The zero-order valence-electron chi connectivity index (χ0n) is 15.7. The lowest BCUT2D eigenvalue weighted by Gasteiger charge is -2.27. The Kier molecular flexibility index (Phi) is 4.18. The molecule has 2 saturated heterocycles. The fraction of sp³-hybridized carbons (Fsp3) is 0.474. The van der Waals surface area contributed by atoms with Gasteiger partial charge in [-0.1, -0.05) is 0 Å². The Balaban J connectivity index is 1.37. The van der Waals surface area contributed by atoms with Gasteiger partial charge in [-0.2, -0.15) is 14.8 Å². The largest absolute Gasteiger partial charge is 0.396 e. The first-order chi connectivity index (χ1) is 13.6. The molecule has 0 spiro atoms. The van der Waals surface area contributed by atoms with Gasteiger partial charge in [0.15, 0.2) is 0 Å². The number of carbonyl (C=O) groups is 1. The molecule has 2 aliphatic heterocycles. The molecule has 3 aromatic rings. The van der Waals surface area contributed by atoms with E-state index in [1.165, 1.54) is 21.0 Å². The number of hydrogen-bond acceptors (Lipinski definition) is 7. The molecule has 0 radical (unpaired) electrons. The zero-order valence-corrected chi connectivity index (χ0v) is 16.5. The summed E-state index contributed by atoms with van der Waals surface area (Å²) in [7, 11) is 0. The zero-order chi connectivity index (χ0) is 19.3. The number of aryl methyl sites for hydroxylation is 1. The fourth-order valence-electron chi connectivity index (χ4n) is 4.76. The Morgan fingerprint density at radius 2 is 2.21 bits per heavy atom. The Labute approximate surface area is 166 Å². The number of aromatic nitrogens is 4. The number of amides is 1. The van der Waals surface area contributed by atoms with Crippen LogP contribution in [0.15, 0.2) is 30.6 Å². The molecule has 28 heavy (non-hydrogen) atoms. The molecule has 5 heterocycles. The van der Waals surface area contributed by atoms with Gasteiger partial charge < -0.3 is 10.0 Å². The first-order valence-corrected chi connectivity index (χ1v) is 10.2. The standard InChI is InChI=1S/C19H22N6O2S/c1-13-17(16-3-2-5-20-25(16)22-13)18(27)24-8-14-7-23(9-15-4-6-21-28-15)10-19(14,11-24)12-26/h2-6,14,26H,7-12H2,1H3. The highest BCUT2D eigenvalue weighted by Crippen LogP contribution is 2.43. The highest BCUT2D eigenvalue weighted by Gasteiger charge is 2.53. The summed E-state index contributed by atoms with van der Waals surface area (Å²) in [4.78, 5) is 18.8. The van der Waals surface area contributed by atoms with Crippen molar-refractivity contribution in [3.8, 4) is 0 Å². The molecule has 146 valence electrons. The predicted octanol–water partition coefficient (Wildman–Crippen LogP) is 1.06. The Bertz CT molecular complexity index is 1020. The summed E-state index contributed by atoms with van der Waals surface area (Å²) in [6.45, 7) is 5.71. The normalized spacial score (nSPS) is 24.9. The van der Waals surface area contributed by atoms with Gasteiger partial charge in [-0.25, -0.2) is 4.37 Å². The van der Waals surface area contributed by atoms with E-state index in [-0.39, 0.29) is 23.8 Å². The van der Waals surface area contributed by atoms with Crippen molar-refractivity contribution in [1.82, 2.24) is 29.0 Å². The van der Waals surface area contributed by atoms with E-state index in [9.17, 15) is 9.90 Å². The number of rotatable bonds is 4. The van der Waals surface area contributed by atoms with Crippen molar-refractivity contribution in [2.45, 2.75) is 13.5 Å². The highest BCUT2D eigenvalue weighted by molar-refractivity contribution is 7.05. The molecule has 0 aliphatic carbocycles. The van der Waals surface area contributed by atoms with Crippen LogP contribution in [0.2, 0.25) is 0 Å². The Morgan fingerprint density at radius 1 is 1.32 bits per heavy atom. The molecular formula is C19H22N6O2S. The van der Waals surface area contributed by atoms with Crippen molar-refractivity contribution in [3.05, 3.63) is 46.7 Å². The molecule has 1 N–H and O–H groups in total. The molecule has 2 unspecified atom stereocenters. The van der Waals surface area contributed by atoms with E-state index in [4.69, 9.17) is 0 Å². The number of carbonyl (C=O) groups excluding carboxylic acids is 1. The van der Waals surface area contributed by atoms with E-state index in [1.807, 2.05) is 36.2 Å². The van der Waals surface area contributed by atoms with Crippen molar-refractivity contribution >= 4 is 23.0 Å². The van der Waals surface area contributed by atoms with Crippen molar-refractivity contribution < 1.29 is 9.90 Å². The van der Waals surface area contributed by atoms with Gasteiger partial charge in [0.25, 0.3) is 5.91 Å². The quantitative estimate of drug-likeness (QED) is 0.707. The van der Waals surface area contributed by atoms with Crippen molar-refractivity contribution in [2.24, 2.45) is 11.3 Å². The molecule has 8 nitrogen and oxygen atoms in total. The summed E-state index contributed by atoms with van der Waals surface area (Å²) in [5.74, 6) is 0.256. The molecule has 0 aromatic carbocycles. The van der Waals surface area contributed by atoms with Crippen LogP contribution in [0.3, 0.4) is 0 Å². The van der Waals surface area contributed by atoms with Crippen molar-refractivity contribution in [1.29, 1.82) is 0 Å². The first-order valence-electron chi connectivity index (χ1n) is 9.42. The molecule has 2 atom stereocenters. The van der Waals surface area contributed by atoms with Gasteiger partial charge in [0, 0.05) is 55.4 Å². The highest BCUT2D eigenvalue weighted by atomic mass is 32.1. The van der Waals surface area contributed by atoms with E-state index in [0.29, 0.717) is 24.3 Å². The molecule has 0 saturated carbocycles. The van der Waals surface area contributed by atoms with Crippen LogP contribution < -0.4 is 0 Å². The fourth-order valence-corrected chi connectivity index (χ4v) is 5.38. The number of aliphatic hydroxyl groups excluding tert-OH is 1. The van der Waals surface area contributed by atoms with Gasteiger partial charge in [0.05, 0.1) is 17.9 Å². The number of aliphatic hydroxyl groups is 1. The lowest BCUT2D eigenvalue weighted by atomic mass is 9.82. The summed E-state index contributed by atoms with van der Waals surface area (Å²) in [6, 6.07) is 5.73. The van der Waals surface area contributed by atoms with E-state index in [2.05, 4.69) is 19.5 Å². The van der Waals surface area contributed by atoms with Gasteiger partial charge in [-0.3, -0.25) is 9.69 Å². The van der Waals surface area contributed by atoms with Crippen LogP contribution in [0.4, 0.5) is 0 Å². The third kappa shape index (κ3) is 2.73. The number of fused-ring (bicyclic) bond motifs is 2. The average Bonchev–Trinajstić information content (AvgIpc) is 3.43. The van der Waals surface area contributed by atoms with E-state index in [1.54, 1.807) is 6.20 Å². The van der Waals surface area contributed by atoms with E-state index in [0.717, 1.165) is 25.2 Å². The maximum Gasteiger partial charge on any atom is 0.258 e.